The van der Waals surface area contributed by atoms with E-state index in [2.05, 4.69) is 98.9 Å². The average molecular weight is 693 g/mol. The van der Waals surface area contributed by atoms with Crippen molar-refractivity contribution in [3.8, 4) is 0 Å². The lowest BCUT2D eigenvalue weighted by Crippen LogP contribution is -2.28. The third-order valence-electron chi connectivity index (χ3n) is 7.86. The van der Waals surface area contributed by atoms with Crippen LogP contribution < -0.4 is 0 Å². The predicted molar refractivity (Wildman–Crippen MR) is 214 cm³/mol. The van der Waals surface area contributed by atoms with E-state index in [0.717, 1.165) is 70.6 Å². The molecule has 282 valence electrons. The van der Waals surface area contributed by atoms with Gasteiger partial charge in [-0.2, -0.15) is 0 Å². The van der Waals surface area contributed by atoms with Crippen molar-refractivity contribution >= 4 is 11.9 Å². The first-order valence-electron chi connectivity index (χ1n) is 19.8. The molecule has 0 fully saturated rings. The molecule has 0 bridgehead atoms. The molecule has 0 aromatic carbocycles. The second-order valence-electron chi connectivity index (χ2n) is 12.6. The quantitative estimate of drug-likeness (QED) is 0.0413. The normalized spacial score (nSPS) is 13.3. The van der Waals surface area contributed by atoms with Crippen molar-refractivity contribution in [2.45, 2.75) is 161 Å². The minimum atomic E-state index is -0.826. The maximum Gasteiger partial charge on any atom is 0.306 e. The number of ether oxygens (including phenoxy) is 2. The van der Waals surface area contributed by atoms with Gasteiger partial charge in [0.25, 0.3) is 0 Å². The Morgan fingerprint density at radius 1 is 0.460 bits per heavy atom. The molecular formula is C45H72O5. The molecule has 50 heavy (non-hydrogen) atoms. The van der Waals surface area contributed by atoms with Crippen molar-refractivity contribution in [2.24, 2.45) is 0 Å². The Morgan fingerprint density at radius 2 is 0.840 bits per heavy atom. The van der Waals surface area contributed by atoms with E-state index in [1.807, 2.05) is 12.2 Å². The zero-order valence-corrected chi connectivity index (χ0v) is 31.9. The lowest BCUT2D eigenvalue weighted by Gasteiger charge is -2.15. The van der Waals surface area contributed by atoms with Crippen molar-refractivity contribution in [1.82, 2.24) is 0 Å². The number of aliphatic hydroxyl groups is 1. The summed E-state index contributed by atoms with van der Waals surface area (Å²) in [6, 6.07) is 0. The van der Waals surface area contributed by atoms with Crippen LogP contribution in [0.4, 0.5) is 0 Å². The SMILES string of the molecule is CCCCC/C=C\C/C=C\C/C=C\C/C=C\C/C=C\CCC(=O)O[C@@H](CO)COC(=O)CCCCCC/C=C\C/C=C\C/C=C\CCCCC. The zero-order valence-electron chi connectivity index (χ0n) is 31.9. The number of unbranched alkanes of at least 4 members (excludes halogenated alkanes) is 10. The molecule has 5 heteroatoms. The maximum atomic E-state index is 12.1. The van der Waals surface area contributed by atoms with Crippen molar-refractivity contribution in [2.75, 3.05) is 13.2 Å². The molecular weight excluding hydrogens is 620 g/mol. The summed E-state index contributed by atoms with van der Waals surface area (Å²) >= 11 is 0. The standard InChI is InChI=1S/C45H72O5/c1-3-5-7-9-11-13-15-17-19-21-22-24-26-28-30-32-34-36-38-40-45(48)50-43(41-46)42-49-44(47)39-37-35-33-31-29-27-25-23-20-18-16-14-12-10-8-6-4-2/h11-14,17-20,22,24-25,27-28,30,34,36,43,46H,3-10,15-16,21,23,26,29,31-33,35,37-42H2,1-2H3/b13-11-,14-12-,19-17-,20-18-,24-22-,27-25-,30-28-,36-34-/t43-/m0/s1. The molecule has 0 aromatic rings. The fourth-order valence-electron chi connectivity index (χ4n) is 4.84. The van der Waals surface area contributed by atoms with Gasteiger partial charge in [0.1, 0.15) is 6.61 Å². The van der Waals surface area contributed by atoms with Crippen LogP contribution in [0.25, 0.3) is 0 Å². The lowest BCUT2D eigenvalue weighted by molar-refractivity contribution is -0.161. The highest BCUT2D eigenvalue weighted by Gasteiger charge is 2.15. The van der Waals surface area contributed by atoms with Crippen molar-refractivity contribution in [3.63, 3.8) is 0 Å². The Morgan fingerprint density at radius 3 is 1.26 bits per heavy atom. The average Bonchev–Trinajstić information content (AvgIpc) is 3.12. The van der Waals surface area contributed by atoms with Crippen LogP contribution in [0.3, 0.4) is 0 Å². The largest absolute Gasteiger partial charge is 0.462 e. The van der Waals surface area contributed by atoms with E-state index in [1.54, 1.807) is 0 Å². The molecule has 0 saturated carbocycles. The molecule has 1 atom stereocenters. The van der Waals surface area contributed by atoms with Gasteiger partial charge in [0, 0.05) is 12.8 Å². The molecule has 0 rings (SSSR count). The molecule has 5 nitrogen and oxygen atoms in total. The van der Waals surface area contributed by atoms with Gasteiger partial charge in [-0.05, 0) is 89.9 Å². The Labute approximate surface area is 307 Å². The van der Waals surface area contributed by atoms with Gasteiger partial charge in [0.2, 0.25) is 0 Å². The predicted octanol–water partition coefficient (Wildman–Crippen LogP) is 12.5. The third-order valence-corrected chi connectivity index (χ3v) is 7.86. The number of carbonyl (C=O) groups is 2. The lowest BCUT2D eigenvalue weighted by atomic mass is 10.1. The second-order valence-corrected chi connectivity index (χ2v) is 12.6. The number of hydrogen-bond donors (Lipinski definition) is 1. The topological polar surface area (TPSA) is 72.8 Å². The summed E-state index contributed by atoms with van der Waals surface area (Å²) in [4.78, 5) is 24.2. The smallest absolute Gasteiger partial charge is 0.306 e. The van der Waals surface area contributed by atoms with E-state index in [1.165, 1.54) is 51.4 Å². The van der Waals surface area contributed by atoms with E-state index in [9.17, 15) is 14.7 Å². The highest BCUT2D eigenvalue weighted by atomic mass is 16.6. The third kappa shape index (κ3) is 37.6. The van der Waals surface area contributed by atoms with Gasteiger partial charge < -0.3 is 14.6 Å². The van der Waals surface area contributed by atoms with E-state index in [4.69, 9.17) is 9.47 Å². The van der Waals surface area contributed by atoms with Crippen LogP contribution in [0.2, 0.25) is 0 Å². The van der Waals surface area contributed by atoms with Gasteiger partial charge in [-0.1, -0.05) is 150 Å². The summed E-state index contributed by atoms with van der Waals surface area (Å²) in [5.74, 6) is -0.723. The summed E-state index contributed by atoms with van der Waals surface area (Å²) in [5.41, 5.74) is 0. The highest BCUT2D eigenvalue weighted by molar-refractivity contribution is 5.70. The first kappa shape index (κ1) is 46.8. The Balaban J connectivity index is 3.77. The second kappa shape index (κ2) is 40.3. The van der Waals surface area contributed by atoms with Crippen molar-refractivity contribution in [3.05, 3.63) is 97.2 Å². The van der Waals surface area contributed by atoms with Gasteiger partial charge in [0.05, 0.1) is 6.61 Å². The van der Waals surface area contributed by atoms with Crippen molar-refractivity contribution in [1.29, 1.82) is 0 Å². The van der Waals surface area contributed by atoms with Gasteiger partial charge in [-0.25, -0.2) is 0 Å². The fourth-order valence-corrected chi connectivity index (χ4v) is 4.84. The maximum absolute atomic E-state index is 12.1. The number of carbonyl (C=O) groups excluding carboxylic acids is 2. The van der Waals surface area contributed by atoms with Crippen LogP contribution in [-0.2, 0) is 19.1 Å². The van der Waals surface area contributed by atoms with Crippen LogP contribution in [0.5, 0.6) is 0 Å². The van der Waals surface area contributed by atoms with Crippen LogP contribution in [0, 0.1) is 0 Å². The Bertz CT molecular complexity index is 1010. The summed E-state index contributed by atoms with van der Waals surface area (Å²) < 4.78 is 10.5. The number of rotatable bonds is 34. The molecule has 0 heterocycles. The zero-order chi connectivity index (χ0) is 36.4. The summed E-state index contributed by atoms with van der Waals surface area (Å²) in [6.07, 6.45) is 56.1. The molecule has 0 amide bonds. The van der Waals surface area contributed by atoms with Gasteiger partial charge in [-0.15, -0.1) is 0 Å². The number of aliphatic hydroxyl groups excluding tert-OH is 1. The molecule has 0 radical (unpaired) electrons. The molecule has 0 saturated heterocycles. The van der Waals surface area contributed by atoms with E-state index < -0.39 is 12.1 Å². The van der Waals surface area contributed by atoms with E-state index >= 15 is 0 Å². The Kier molecular flexibility index (Phi) is 37.7. The van der Waals surface area contributed by atoms with Gasteiger partial charge in [-0.3, -0.25) is 9.59 Å². The van der Waals surface area contributed by atoms with Crippen LogP contribution in [-0.4, -0.2) is 36.4 Å². The molecule has 0 unspecified atom stereocenters. The minimum Gasteiger partial charge on any atom is -0.462 e. The fraction of sp³-hybridized carbons (Fsp3) is 0.600. The van der Waals surface area contributed by atoms with Gasteiger partial charge >= 0.3 is 11.9 Å². The van der Waals surface area contributed by atoms with Crippen LogP contribution in [0.15, 0.2) is 97.2 Å². The van der Waals surface area contributed by atoms with Crippen LogP contribution in [0.1, 0.15) is 155 Å². The first-order valence-corrected chi connectivity index (χ1v) is 19.8. The Hall–Kier alpha value is -3.18. The number of esters is 2. The van der Waals surface area contributed by atoms with Gasteiger partial charge in [0.15, 0.2) is 6.10 Å². The first-order chi connectivity index (χ1) is 24.6. The molecule has 0 aromatic heterocycles. The summed E-state index contributed by atoms with van der Waals surface area (Å²) in [6.45, 7) is 3.98. The molecule has 0 spiro atoms. The molecule has 1 N–H and O–H groups in total. The van der Waals surface area contributed by atoms with Crippen LogP contribution >= 0.6 is 0 Å². The number of hydrogen-bond acceptors (Lipinski definition) is 5. The monoisotopic (exact) mass is 693 g/mol. The highest BCUT2D eigenvalue weighted by Crippen LogP contribution is 2.09. The summed E-state index contributed by atoms with van der Waals surface area (Å²) in [5, 5.41) is 9.54. The molecule has 0 aliphatic rings. The van der Waals surface area contributed by atoms with Crippen molar-refractivity contribution < 1.29 is 24.2 Å². The van der Waals surface area contributed by atoms with E-state index in [-0.39, 0.29) is 25.6 Å². The minimum absolute atomic E-state index is 0.114. The molecule has 0 aliphatic carbocycles. The summed E-state index contributed by atoms with van der Waals surface area (Å²) in [7, 11) is 0. The number of allylic oxidation sites excluding steroid dienone is 16. The molecule has 0 aliphatic heterocycles. The van der Waals surface area contributed by atoms with E-state index in [0.29, 0.717) is 12.8 Å².